The molecule has 30 heavy (non-hydrogen) atoms. The number of benzene rings is 1. The van der Waals surface area contributed by atoms with Gasteiger partial charge in [0.15, 0.2) is 0 Å². The molecule has 0 atom stereocenters. The van der Waals surface area contributed by atoms with E-state index in [4.69, 9.17) is 4.74 Å². The summed E-state index contributed by atoms with van der Waals surface area (Å²) in [5.74, 6) is 0.308. The van der Waals surface area contributed by atoms with Crippen LogP contribution in [0.1, 0.15) is 42.4 Å². The molecular weight excluding hydrogens is 380 g/mol. The number of hydrogen-bond donors (Lipinski definition) is 1. The van der Waals surface area contributed by atoms with Gasteiger partial charge in [0.1, 0.15) is 18.0 Å². The molecule has 0 aliphatic rings. The Balaban J connectivity index is 1.61. The topological polar surface area (TPSA) is 75.9 Å². The number of aryl methyl sites for hydroxylation is 1. The van der Waals surface area contributed by atoms with E-state index in [1.807, 2.05) is 56.6 Å². The Labute approximate surface area is 176 Å². The number of ether oxygens (including phenoxy) is 1. The molecule has 2 heterocycles. The van der Waals surface area contributed by atoms with Gasteiger partial charge in [-0.3, -0.25) is 9.59 Å². The molecule has 1 aromatic carbocycles. The third kappa shape index (κ3) is 5.17. The van der Waals surface area contributed by atoms with Gasteiger partial charge in [-0.2, -0.15) is 0 Å². The van der Waals surface area contributed by atoms with E-state index in [-0.39, 0.29) is 24.4 Å². The molecule has 2 aromatic heterocycles. The number of rotatable bonds is 8. The van der Waals surface area contributed by atoms with Crippen LogP contribution in [0.15, 0.2) is 48.8 Å². The summed E-state index contributed by atoms with van der Waals surface area (Å²) in [4.78, 5) is 30.8. The van der Waals surface area contributed by atoms with Crippen molar-refractivity contribution in [1.29, 1.82) is 0 Å². The largest absolute Gasteiger partial charge is 0.487 e. The van der Waals surface area contributed by atoms with Crippen LogP contribution in [0.5, 0.6) is 5.75 Å². The number of carbonyl (C=O) groups is 2. The first kappa shape index (κ1) is 21.4. The standard InChI is InChI=1S/C23H28N4O3/c1-5-26(14-21(28)24-16(2)3)23(29)18-8-10-20(11-9-18)30-15-19-13-27-12-6-7-17(4)22(27)25-19/h6-13,16H,5,14-15H2,1-4H3,(H,24,28). The van der Waals surface area contributed by atoms with E-state index in [1.54, 1.807) is 24.3 Å². The van der Waals surface area contributed by atoms with E-state index in [1.165, 1.54) is 4.90 Å². The van der Waals surface area contributed by atoms with Crippen molar-refractivity contribution < 1.29 is 14.3 Å². The summed E-state index contributed by atoms with van der Waals surface area (Å²) in [7, 11) is 0. The second-order valence-electron chi connectivity index (χ2n) is 7.51. The minimum atomic E-state index is -0.182. The van der Waals surface area contributed by atoms with Crippen LogP contribution in [-0.2, 0) is 11.4 Å². The highest BCUT2D eigenvalue weighted by Gasteiger charge is 2.17. The third-order valence-corrected chi connectivity index (χ3v) is 4.67. The average molecular weight is 409 g/mol. The van der Waals surface area contributed by atoms with Gasteiger partial charge in [0.25, 0.3) is 5.91 Å². The number of likely N-dealkylation sites (N-methyl/N-ethyl adjacent to an activating group) is 1. The highest BCUT2D eigenvalue weighted by atomic mass is 16.5. The predicted molar refractivity (Wildman–Crippen MR) is 116 cm³/mol. The zero-order chi connectivity index (χ0) is 21.7. The molecule has 0 radical (unpaired) electrons. The van der Waals surface area contributed by atoms with Crippen LogP contribution in [-0.4, -0.2) is 45.2 Å². The fourth-order valence-corrected chi connectivity index (χ4v) is 3.18. The highest BCUT2D eigenvalue weighted by molar-refractivity contribution is 5.96. The van der Waals surface area contributed by atoms with Crippen molar-refractivity contribution >= 4 is 17.5 Å². The number of imidazole rings is 1. The van der Waals surface area contributed by atoms with Crippen LogP contribution in [0.3, 0.4) is 0 Å². The number of nitrogens with zero attached hydrogens (tertiary/aromatic N) is 3. The second-order valence-corrected chi connectivity index (χ2v) is 7.51. The first-order valence-corrected chi connectivity index (χ1v) is 10.1. The molecule has 7 nitrogen and oxygen atoms in total. The first-order valence-electron chi connectivity index (χ1n) is 10.1. The van der Waals surface area contributed by atoms with Gasteiger partial charge in [-0.1, -0.05) is 6.07 Å². The molecule has 0 saturated heterocycles. The molecule has 0 bridgehead atoms. The van der Waals surface area contributed by atoms with Gasteiger partial charge in [0.2, 0.25) is 5.91 Å². The van der Waals surface area contributed by atoms with E-state index < -0.39 is 0 Å². The lowest BCUT2D eigenvalue weighted by Crippen LogP contribution is -2.42. The predicted octanol–water partition coefficient (Wildman–Crippen LogP) is 3.21. The average Bonchev–Trinajstić information content (AvgIpc) is 3.14. The van der Waals surface area contributed by atoms with Crippen molar-refractivity contribution in [2.24, 2.45) is 0 Å². The van der Waals surface area contributed by atoms with E-state index >= 15 is 0 Å². The molecule has 0 aliphatic heterocycles. The minimum Gasteiger partial charge on any atom is -0.487 e. The molecule has 0 spiro atoms. The van der Waals surface area contributed by atoms with Crippen molar-refractivity contribution in [3.05, 3.63) is 65.6 Å². The summed E-state index contributed by atoms with van der Waals surface area (Å²) in [5, 5.41) is 2.81. The molecule has 158 valence electrons. The van der Waals surface area contributed by atoms with Crippen LogP contribution >= 0.6 is 0 Å². The Bertz CT molecular complexity index is 1020. The fourth-order valence-electron chi connectivity index (χ4n) is 3.18. The number of hydrogen-bond acceptors (Lipinski definition) is 4. The Hall–Kier alpha value is -3.35. The third-order valence-electron chi connectivity index (χ3n) is 4.67. The molecule has 3 aromatic rings. The maximum Gasteiger partial charge on any atom is 0.254 e. The van der Waals surface area contributed by atoms with Gasteiger partial charge in [0.05, 0.1) is 12.2 Å². The van der Waals surface area contributed by atoms with E-state index in [9.17, 15) is 9.59 Å². The SMILES string of the molecule is CCN(CC(=O)NC(C)C)C(=O)c1ccc(OCc2cn3cccc(C)c3n2)cc1. The van der Waals surface area contributed by atoms with E-state index in [2.05, 4.69) is 10.3 Å². The number of aromatic nitrogens is 2. The van der Waals surface area contributed by atoms with Gasteiger partial charge in [0, 0.05) is 30.5 Å². The molecule has 0 unspecified atom stereocenters. The molecule has 0 fully saturated rings. The lowest BCUT2D eigenvalue weighted by Gasteiger charge is -2.21. The summed E-state index contributed by atoms with van der Waals surface area (Å²) in [5.41, 5.74) is 3.37. The molecule has 7 heteroatoms. The first-order chi connectivity index (χ1) is 14.4. The van der Waals surface area contributed by atoms with Crippen molar-refractivity contribution in [3.8, 4) is 5.75 Å². The molecular formula is C23H28N4O3. The van der Waals surface area contributed by atoms with Gasteiger partial charge >= 0.3 is 0 Å². The van der Waals surface area contributed by atoms with Crippen LogP contribution in [0.2, 0.25) is 0 Å². The molecule has 0 saturated carbocycles. The normalized spacial score (nSPS) is 11.0. The van der Waals surface area contributed by atoms with Crippen molar-refractivity contribution in [3.63, 3.8) is 0 Å². The highest BCUT2D eigenvalue weighted by Crippen LogP contribution is 2.16. The van der Waals surface area contributed by atoms with Gasteiger partial charge in [-0.15, -0.1) is 0 Å². The number of nitrogens with one attached hydrogen (secondary N) is 1. The van der Waals surface area contributed by atoms with Crippen LogP contribution in [0.4, 0.5) is 0 Å². The molecule has 0 aliphatic carbocycles. The second kappa shape index (κ2) is 9.43. The van der Waals surface area contributed by atoms with Gasteiger partial charge in [-0.25, -0.2) is 4.98 Å². The number of amides is 2. The van der Waals surface area contributed by atoms with Crippen LogP contribution in [0.25, 0.3) is 5.65 Å². The maximum atomic E-state index is 12.7. The summed E-state index contributed by atoms with van der Waals surface area (Å²) < 4.78 is 7.80. The zero-order valence-corrected chi connectivity index (χ0v) is 17.9. The summed E-state index contributed by atoms with van der Waals surface area (Å²) in [6, 6.07) is 11.0. The van der Waals surface area contributed by atoms with E-state index in [0.717, 1.165) is 16.9 Å². The van der Waals surface area contributed by atoms with E-state index in [0.29, 0.717) is 24.5 Å². The van der Waals surface area contributed by atoms with Gasteiger partial charge in [-0.05, 0) is 63.6 Å². The monoisotopic (exact) mass is 408 g/mol. The quantitative estimate of drug-likeness (QED) is 0.621. The van der Waals surface area contributed by atoms with Crippen molar-refractivity contribution in [1.82, 2.24) is 19.6 Å². The van der Waals surface area contributed by atoms with Crippen molar-refractivity contribution in [2.75, 3.05) is 13.1 Å². The zero-order valence-electron chi connectivity index (χ0n) is 17.9. The number of pyridine rings is 1. The lowest BCUT2D eigenvalue weighted by molar-refractivity contribution is -0.122. The molecule has 3 rings (SSSR count). The summed E-state index contributed by atoms with van der Waals surface area (Å²) in [6.45, 7) is 8.49. The summed E-state index contributed by atoms with van der Waals surface area (Å²) in [6.07, 6.45) is 3.90. The summed E-state index contributed by atoms with van der Waals surface area (Å²) >= 11 is 0. The number of carbonyl (C=O) groups excluding carboxylic acids is 2. The fraction of sp³-hybridized carbons (Fsp3) is 0.348. The van der Waals surface area contributed by atoms with Crippen LogP contribution in [0, 0.1) is 6.92 Å². The Morgan fingerprint density at radius 3 is 2.57 bits per heavy atom. The van der Waals surface area contributed by atoms with Crippen molar-refractivity contribution in [2.45, 2.75) is 40.3 Å². The van der Waals surface area contributed by atoms with Crippen LogP contribution < -0.4 is 10.1 Å². The lowest BCUT2D eigenvalue weighted by atomic mass is 10.2. The maximum absolute atomic E-state index is 12.7. The Kier molecular flexibility index (Phi) is 6.72. The molecule has 2 amide bonds. The Morgan fingerprint density at radius 2 is 1.93 bits per heavy atom. The Morgan fingerprint density at radius 1 is 1.20 bits per heavy atom. The smallest absolute Gasteiger partial charge is 0.254 e. The molecule has 1 N–H and O–H groups in total. The van der Waals surface area contributed by atoms with Gasteiger partial charge < -0.3 is 19.4 Å². The number of fused-ring (bicyclic) bond motifs is 1. The minimum absolute atomic E-state index is 0.0407.